The molecular weight excluding hydrogens is 369 g/mol. The molecule has 1 amide bonds. The number of benzene rings is 1. The first-order chi connectivity index (χ1) is 11.8. The maximum atomic E-state index is 12.7. The molecule has 1 aromatic carbocycles. The Morgan fingerprint density at radius 1 is 1.32 bits per heavy atom. The zero-order valence-corrected chi connectivity index (χ0v) is 14.7. The Morgan fingerprint density at radius 3 is 2.76 bits per heavy atom. The summed E-state index contributed by atoms with van der Waals surface area (Å²) in [4.78, 5) is 25.3. The number of hydrogen-bond donors (Lipinski definition) is 1. The largest absolute Gasteiger partial charge is 0.479 e. The van der Waals surface area contributed by atoms with Crippen LogP contribution in [0.3, 0.4) is 0 Å². The third-order valence-corrected chi connectivity index (χ3v) is 4.35. The molecule has 9 heteroatoms. The van der Waals surface area contributed by atoms with Gasteiger partial charge in [-0.05, 0) is 25.1 Å². The lowest BCUT2D eigenvalue weighted by Crippen LogP contribution is -2.51. The highest BCUT2D eigenvalue weighted by Gasteiger charge is 2.33. The number of carboxylic acids is 1. The molecule has 0 aliphatic carbocycles. The van der Waals surface area contributed by atoms with E-state index in [4.69, 9.17) is 33.0 Å². The van der Waals surface area contributed by atoms with Gasteiger partial charge in [-0.2, -0.15) is 5.10 Å². The van der Waals surface area contributed by atoms with Crippen LogP contribution in [0.5, 0.6) is 0 Å². The normalized spacial score (nSPS) is 20.5. The van der Waals surface area contributed by atoms with Crippen LogP contribution < -0.4 is 0 Å². The van der Waals surface area contributed by atoms with Crippen molar-refractivity contribution in [2.24, 2.45) is 0 Å². The smallest absolute Gasteiger partial charge is 0.334 e. The molecule has 2 atom stereocenters. The minimum Gasteiger partial charge on any atom is -0.479 e. The van der Waals surface area contributed by atoms with Gasteiger partial charge in [-0.3, -0.25) is 4.79 Å². The van der Waals surface area contributed by atoms with E-state index in [1.165, 1.54) is 15.8 Å². The Balaban J connectivity index is 1.82. The summed E-state index contributed by atoms with van der Waals surface area (Å²) in [6.07, 6.45) is 1.57. The summed E-state index contributed by atoms with van der Waals surface area (Å²) in [6.45, 7) is 2.03. The van der Waals surface area contributed by atoms with Crippen LogP contribution in [0.25, 0.3) is 5.69 Å². The van der Waals surface area contributed by atoms with Gasteiger partial charge in [0, 0.05) is 17.8 Å². The molecule has 7 nitrogen and oxygen atoms in total. The quantitative estimate of drug-likeness (QED) is 0.879. The summed E-state index contributed by atoms with van der Waals surface area (Å²) in [5.74, 6) is -1.40. The van der Waals surface area contributed by atoms with Crippen molar-refractivity contribution in [2.45, 2.75) is 19.1 Å². The molecule has 1 aromatic heterocycles. The Morgan fingerprint density at radius 2 is 2.08 bits per heavy atom. The van der Waals surface area contributed by atoms with Crippen LogP contribution in [0.15, 0.2) is 30.6 Å². The van der Waals surface area contributed by atoms with Crippen molar-refractivity contribution < 1.29 is 19.4 Å². The van der Waals surface area contributed by atoms with Gasteiger partial charge in [0.15, 0.2) is 6.10 Å². The lowest BCUT2D eigenvalue weighted by atomic mass is 10.2. The van der Waals surface area contributed by atoms with Gasteiger partial charge in [0.25, 0.3) is 5.91 Å². The van der Waals surface area contributed by atoms with Gasteiger partial charge < -0.3 is 14.7 Å². The fourth-order valence-electron chi connectivity index (χ4n) is 2.67. The molecule has 1 aliphatic rings. The number of nitrogens with zero attached hydrogens (tertiary/aromatic N) is 3. The zero-order valence-electron chi connectivity index (χ0n) is 13.2. The molecule has 2 heterocycles. The molecule has 132 valence electrons. The number of rotatable bonds is 3. The lowest BCUT2D eigenvalue weighted by molar-refractivity contribution is -0.160. The first-order valence-electron chi connectivity index (χ1n) is 7.53. The van der Waals surface area contributed by atoms with Gasteiger partial charge in [-0.15, -0.1) is 0 Å². The Hall–Kier alpha value is -2.09. The Labute approximate surface area is 153 Å². The first-order valence-corrected chi connectivity index (χ1v) is 8.28. The molecule has 25 heavy (non-hydrogen) atoms. The summed E-state index contributed by atoms with van der Waals surface area (Å²) < 4.78 is 6.80. The van der Waals surface area contributed by atoms with E-state index in [0.717, 1.165) is 0 Å². The van der Waals surface area contributed by atoms with Crippen LogP contribution in [0.2, 0.25) is 10.0 Å². The van der Waals surface area contributed by atoms with Crippen LogP contribution in [-0.2, 0) is 9.53 Å². The van der Waals surface area contributed by atoms with Crippen LogP contribution >= 0.6 is 23.2 Å². The van der Waals surface area contributed by atoms with Gasteiger partial charge in [0.05, 0.1) is 35.1 Å². The second-order valence-corrected chi connectivity index (χ2v) is 6.60. The van der Waals surface area contributed by atoms with Crippen molar-refractivity contribution in [1.29, 1.82) is 0 Å². The van der Waals surface area contributed by atoms with Crippen molar-refractivity contribution in [1.82, 2.24) is 14.7 Å². The third kappa shape index (κ3) is 3.78. The fourth-order valence-corrected chi connectivity index (χ4v) is 3.16. The van der Waals surface area contributed by atoms with Gasteiger partial charge >= 0.3 is 5.97 Å². The van der Waals surface area contributed by atoms with Gasteiger partial charge in [0.2, 0.25) is 0 Å². The van der Waals surface area contributed by atoms with Crippen molar-refractivity contribution in [2.75, 3.05) is 13.1 Å². The number of aliphatic carboxylic acids is 1. The van der Waals surface area contributed by atoms with E-state index in [0.29, 0.717) is 27.8 Å². The van der Waals surface area contributed by atoms with E-state index in [-0.39, 0.29) is 18.6 Å². The lowest BCUT2D eigenvalue weighted by Gasteiger charge is -2.34. The van der Waals surface area contributed by atoms with Crippen LogP contribution in [-0.4, -0.2) is 57.0 Å². The second kappa shape index (κ2) is 7.03. The van der Waals surface area contributed by atoms with Crippen LogP contribution in [0, 0.1) is 0 Å². The first kappa shape index (κ1) is 17.7. The molecule has 0 radical (unpaired) electrons. The fraction of sp³-hybridized carbons (Fsp3) is 0.312. The predicted octanol–water partition coefficient (Wildman–Crippen LogP) is 2.49. The molecule has 0 spiro atoms. The summed E-state index contributed by atoms with van der Waals surface area (Å²) in [6, 6.07) is 4.96. The molecule has 2 aromatic rings. The predicted molar refractivity (Wildman–Crippen MR) is 91.5 cm³/mol. The number of morpholine rings is 1. The van der Waals surface area contributed by atoms with Crippen molar-refractivity contribution in [3.05, 3.63) is 46.2 Å². The molecule has 1 N–H and O–H groups in total. The Bertz CT molecular complexity index is 823. The average Bonchev–Trinajstić information content (AvgIpc) is 3.03. The minimum atomic E-state index is -1.09. The number of ether oxygens (including phenoxy) is 1. The monoisotopic (exact) mass is 383 g/mol. The second-order valence-electron chi connectivity index (χ2n) is 5.75. The molecule has 1 aliphatic heterocycles. The van der Waals surface area contributed by atoms with Crippen molar-refractivity contribution >= 4 is 35.1 Å². The van der Waals surface area contributed by atoms with Gasteiger partial charge in [-0.25, -0.2) is 9.48 Å². The molecule has 1 unspecified atom stereocenters. The summed E-state index contributed by atoms with van der Waals surface area (Å²) in [7, 11) is 0. The standard InChI is InChI=1S/C16H15Cl2N3O4/c1-9-6-20(8-14(25-9)16(23)24)15(22)10-5-19-21(7-10)13-3-2-11(17)4-12(13)18/h2-5,7,9,14H,6,8H2,1H3,(H,23,24)/t9-,14?/m1/s1. The minimum absolute atomic E-state index is 0.00854. The van der Waals surface area contributed by atoms with E-state index in [1.54, 1.807) is 31.3 Å². The summed E-state index contributed by atoms with van der Waals surface area (Å²) in [5, 5.41) is 14.2. The van der Waals surface area contributed by atoms with E-state index < -0.39 is 12.1 Å². The van der Waals surface area contributed by atoms with E-state index >= 15 is 0 Å². The maximum absolute atomic E-state index is 12.7. The molecule has 0 bridgehead atoms. The number of carbonyl (C=O) groups is 2. The zero-order chi connectivity index (χ0) is 18.1. The topological polar surface area (TPSA) is 84.7 Å². The van der Waals surface area contributed by atoms with Crippen LogP contribution in [0.1, 0.15) is 17.3 Å². The van der Waals surface area contributed by atoms with Gasteiger partial charge in [-0.1, -0.05) is 23.2 Å². The molecule has 1 saturated heterocycles. The van der Waals surface area contributed by atoms with Crippen LogP contribution in [0.4, 0.5) is 0 Å². The maximum Gasteiger partial charge on any atom is 0.334 e. The van der Waals surface area contributed by atoms with E-state index in [9.17, 15) is 9.59 Å². The highest BCUT2D eigenvalue weighted by atomic mass is 35.5. The molecule has 3 rings (SSSR count). The number of carboxylic acid groups (broad SMARTS) is 1. The number of hydrogen-bond acceptors (Lipinski definition) is 4. The Kier molecular flexibility index (Phi) is 4.99. The van der Waals surface area contributed by atoms with Crippen molar-refractivity contribution in [3.63, 3.8) is 0 Å². The molecular formula is C16H15Cl2N3O4. The number of carbonyl (C=O) groups excluding carboxylic acids is 1. The van der Waals surface area contributed by atoms with E-state index in [2.05, 4.69) is 5.10 Å². The average molecular weight is 384 g/mol. The molecule has 0 saturated carbocycles. The number of aromatic nitrogens is 2. The number of halogens is 2. The third-order valence-electron chi connectivity index (χ3n) is 3.81. The summed E-state index contributed by atoms with van der Waals surface area (Å²) in [5.41, 5.74) is 0.924. The van der Waals surface area contributed by atoms with Crippen molar-refractivity contribution in [3.8, 4) is 5.69 Å². The van der Waals surface area contributed by atoms with E-state index in [1.807, 2.05) is 0 Å². The number of amides is 1. The SMILES string of the molecule is C[C@@H]1CN(C(=O)c2cnn(-c3ccc(Cl)cc3Cl)c2)CC(C(=O)O)O1. The highest BCUT2D eigenvalue weighted by Crippen LogP contribution is 2.24. The highest BCUT2D eigenvalue weighted by molar-refractivity contribution is 6.35. The van der Waals surface area contributed by atoms with Gasteiger partial charge in [0.1, 0.15) is 0 Å². The molecule has 1 fully saturated rings. The summed E-state index contributed by atoms with van der Waals surface area (Å²) >= 11 is 12.0.